The Bertz CT molecular complexity index is 2960. The summed E-state index contributed by atoms with van der Waals surface area (Å²) in [6.45, 7) is 4.80. The van der Waals surface area contributed by atoms with Crippen LogP contribution in [0.1, 0.15) is 82.6 Å². The molecule has 2 atom stereocenters. The average molecular weight is 927 g/mol. The van der Waals surface area contributed by atoms with E-state index in [9.17, 15) is 19.0 Å². The minimum atomic E-state index is -1.47. The molecule has 0 aliphatic carbocycles. The third kappa shape index (κ3) is 8.94. The second-order valence-corrected chi connectivity index (χ2v) is 16.6. The standard InChI is InChI=1S/2C25H23F2N5O2/c2*1-16-14-31(15-28-16)21-9-4-17(13-22(21)34-2)12-20(27)23-29-24-25(33,10-3-11-32(24)30-23)18-5-7-19(26)8-6-18/h2*4-9,12-15,33H,3,10-11H2,1-2H3/b2*20-12-/t2*25-/m10/s1. The number of imidazole rings is 2. The molecule has 0 fully saturated rings. The lowest BCUT2D eigenvalue weighted by atomic mass is 9.86. The molecule has 4 aromatic carbocycles. The van der Waals surface area contributed by atoms with Crippen LogP contribution in [0.2, 0.25) is 0 Å². The van der Waals surface area contributed by atoms with Gasteiger partial charge in [0.15, 0.2) is 23.3 Å². The van der Waals surface area contributed by atoms with Crippen molar-refractivity contribution in [1.82, 2.24) is 48.6 Å². The molecule has 2 N–H and O–H groups in total. The molecule has 6 heterocycles. The van der Waals surface area contributed by atoms with Crippen molar-refractivity contribution < 1.29 is 37.2 Å². The van der Waals surface area contributed by atoms with Gasteiger partial charge in [0.25, 0.3) is 0 Å². The fraction of sp³-hybridized carbons (Fsp3) is 0.240. The van der Waals surface area contributed by atoms with Crippen LogP contribution in [0.15, 0.2) is 110 Å². The molecule has 0 saturated heterocycles. The Morgan fingerprint density at radius 2 is 1.00 bits per heavy atom. The largest absolute Gasteiger partial charge is 0.495 e. The van der Waals surface area contributed by atoms with Crippen molar-refractivity contribution in [3.63, 3.8) is 0 Å². The van der Waals surface area contributed by atoms with Crippen LogP contribution in [-0.2, 0) is 24.3 Å². The van der Waals surface area contributed by atoms with Crippen LogP contribution < -0.4 is 9.47 Å². The lowest BCUT2D eigenvalue weighted by Gasteiger charge is -2.31. The van der Waals surface area contributed by atoms with Gasteiger partial charge in [-0.1, -0.05) is 36.4 Å². The Kier molecular flexibility index (Phi) is 12.4. The van der Waals surface area contributed by atoms with Gasteiger partial charge in [0.1, 0.15) is 34.3 Å². The summed E-state index contributed by atoms with van der Waals surface area (Å²) >= 11 is 0. The lowest BCUT2D eigenvalue weighted by Crippen LogP contribution is -2.35. The maximum atomic E-state index is 15.2. The first-order valence-corrected chi connectivity index (χ1v) is 21.8. The van der Waals surface area contributed by atoms with Gasteiger partial charge in [0.2, 0.25) is 11.6 Å². The third-order valence-corrected chi connectivity index (χ3v) is 11.9. The van der Waals surface area contributed by atoms with E-state index >= 15 is 8.78 Å². The summed E-state index contributed by atoms with van der Waals surface area (Å²) in [6, 6.07) is 21.8. The molecule has 14 nitrogen and oxygen atoms in total. The monoisotopic (exact) mass is 926 g/mol. The van der Waals surface area contributed by atoms with E-state index in [-0.39, 0.29) is 23.3 Å². The molecule has 10 rings (SSSR count). The van der Waals surface area contributed by atoms with Crippen LogP contribution in [0.4, 0.5) is 17.6 Å². The molecule has 0 radical (unpaired) electrons. The van der Waals surface area contributed by atoms with Crippen molar-refractivity contribution in [3.8, 4) is 22.9 Å². The SMILES string of the molecule is COc1cc(/C=C(\F)c2nc3n(n2)CCC[C@@]3(O)c2ccc(F)cc2)ccc1-n1cnc(C)c1.COc1cc(/C=C(\F)c2nc3n(n2)CCC[C@]3(O)c2ccc(F)cc2)ccc1-n1cnc(C)c1. The first-order valence-electron chi connectivity index (χ1n) is 21.8. The highest BCUT2D eigenvalue weighted by Gasteiger charge is 2.41. The molecule has 0 amide bonds. The Labute approximate surface area is 388 Å². The number of aryl methyl sites for hydroxylation is 4. The van der Waals surface area contributed by atoms with Crippen LogP contribution in [-0.4, -0.2) is 73.1 Å². The number of hydrogen-bond acceptors (Lipinski definition) is 10. The van der Waals surface area contributed by atoms with E-state index in [0.717, 1.165) is 22.8 Å². The number of hydrogen-bond donors (Lipinski definition) is 2. The molecule has 18 heteroatoms. The van der Waals surface area contributed by atoms with E-state index < -0.39 is 34.5 Å². The molecule has 4 aromatic heterocycles. The summed E-state index contributed by atoms with van der Waals surface area (Å²) < 4.78 is 74.9. The van der Waals surface area contributed by atoms with Crippen LogP contribution in [0.25, 0.3) is 35.2 Å². The normalized spacial score (nSPS) is 18.1. The van der Waals surface area contributed by atoms with Crippen molar-refractivity contribution in [1.29, 1.82) is 0 Å². The predicted molar refractivity (Wildman–Crippen MR) is 245 cm³/mol. The van der Waals surface area contributed by atoms with E-state index in [4.69, 9.17) is 9.47 Å². The number of halogens is 4. The zero-order chi connectivity index (χ0) is 47.7. The highest BCUT2D eigenvalue weighted by Crippen LogP contribution is 2.39. The van der Waals surface area contributed by atoms with Crippen molar-refractivity contribution in [2.45, 2.75) is 63.8 Å². The van der Waals surface area contributed by atoms with E-state index in [0.29, 0.717) is 72.5 Å². The van der Waals surface area contributed by atoms with Gasteiger partial charge in [-0.3, -0.25) is 0 Å². The van der Waals surface area contributed by atoms with Crippen LogP contribution in [0.3, 0.4) is 0 Å². The summed E-state index contributed by atoms with van der Waals surface area (Å²) in [5.41, 5.74) is 2.48. The number of nitrogens with zero attached hydrogens (tertiary/aromatic N) is 10. The number of ether oxygens (including phenoxy) is 2. The van der Waals surface area contributed by atoms with Gasteiger partial charge in [-0.25, -0.2) is 46.9 Å². The van der Waals surface area contributed by atoms with Crippen molar-refractivity contribution in [2.24, 2.45) is 0 Å². The van der Waals surface area contributed by atoms with Crippen LogP contribution in [0.5, 0.6) is 11.5 Å². The maximum absolute atomic E-state index is 15.2. The Morgan fingerprint density at radius 1 is 0.603 bits per heavy atom. The van der Waals surface area contributed by atoms with E-state index in [1.165, 1.54) is 70.0 Å². The maximum Gasteiger partial charge on any atom is 0.210 e. The second kappa shape index (κ2) is 18.5. The number of benzene rings is 4. The molecule has 0 saturated carbocycles. The number of rotatable bonds is 10. The topological polar surface area (TPSA) is 156 Å². The zero-order valence-corrected chi connectivity index (χ0v) is 37.5. The summed E-state index contributed by atoms with van der Waals surface area (Å²) in [4.78, 5) is 17.1. The minimum absolute atomic E-state index is 0.120. The fourth-order valence-electron chi connectivity index (χ4n) is 8.52. The molecule has 8 aromatic rings. The lowest BCUT2D eigenvalue weighted by molar-refractivity contribution is 0.0392. The van der Waals surface area contributed by atoms with Gasteiger partial charge in [-0.05, 0) is 122 Å². The van der Waals surface area contributed by atoms with Gasteiger partial charge in [0.05, 0.1) is 49.6 Å². The highest BCUT2D eigenvalue weighted by atomic mass is 19.1. The third-order valence-electron chi connectivity index (χ3n) is 11.9. The minimum Gasteiger partial charge on any atom is -0.495 e. The van der Waals surface area contributed by atoms with E-state index in [1.54, 1.807) is 51.1 Å². The summed E-state index contributed by atoms with van der Waals surface area (Å²) in [6.07, 6.45) is 11.8. The van der Waals surface area contributed by atoms with Gasteiger partial charge in [-0.15, -0.1) is 10.2 Å². The molecule has 0 bridgehead atoms. The quantitative estimate of drug-likeness (QED) is 0.127. The number of fused-ring (bicyclic) bond motifs is 2. The molecule has 0 unspecified atom stereocenters. The number of aromatic nitrogens is 10. The van der Waals surface area contributed by atoms with Gasteiger partial charge >= 0.3 is 0 Å². The summed E-state index contributed by atoms with van der Waals surface area (Å²) in [7, 11) is 3.10. The first-order chi connectivity index (χ1) is 32.7. The molecule has 2 aliphatic rings. The Morgan fingerprint density at radius 3 is 1.35 bits per heavy atom. The van der Waals surface area contributed by atoms with Crippen molar-refractivity contribution in [3.05, 3.63) is 179 Å². The average Bonchev–Trinajstić information content (AvgIpc) is 4.17. The van der Waals surface area contributed by atoms with Gasteiger partial charge < -0.3 is 28.8 Å². The van der Waals surface area contributed by atoms with Gasteiger partial charge in [0, 0.05) is 25.5 Å². The summed E-state index contributed by atoms with van der Waals surface area (Å²) in [5.74, 6) is -0.722. The highest BCUT2D eigenvalue weighted by molar-refractivity contribution is 5.76. The molecule has 348 valence electrons. The molecular weight excluding hydrogens is 881 g/mol. The van der Waals surface area contributed by atoms with Crippen molar-refractivity contribution >= 4 is 23.8 Å². The van der Waals surface area contributed by atoms with Crippen molar-refractivity contribution in [2.75, 3.05) is 14.2 Å². The Balaban J connectivity index is 0.000000170. The van der Waals surface area contributed by atoms with Gasteiger partial charge in [-0.2, -0.15) is 0 Å². The smallest absolute Gasteiger partial charge is 0.210 e. The Hall–Kier alpha value is -7.70. The summed E-state index contributed by atoms with van der Waals surface area (Å²) in [5, 5.41) is 31.3. The predicted octanol–water partition coefficient (Wildman–Crippen LogP) is 8.83. The molecule has 0 spiro atoms. The van der Waals surface area contributed by atoms with E-state index in [1.807, 2.05) is 47.5 Å². The zero-order valence-electron chi connectivity index (χ0n) is 37.5. The second-order valence-electron chi connectivity index (χ2n) is 16.6. The number of methoxy groups -OCH3 is 2. The fourth-order valence-corrected chi connectivity index (χ4v) is 8.52. The molecule has 68 heavy (non-hydrogen) atoms. The molecular formula is C50H46F4N10O4. The van der Waals surface area contributed by atoms with E-state index in [2.05, 4.69) is 30.1 Å². The number of aliphatic hydroxyl groups is 2. The van der Waals surface area contributed by atoms with Crippen LogP contribution >= 0.6 is 0 Å². The first kappa shape index (κ1) is 45.5. The van der Waals surface area contributed by atoms with Crippen LogP contribution in [0, 0.1) is 25.5 Å². The molecule has 2 aliphatic heterocycles.